The summed E-state index contributed by atoms with van der Waals surface area (Å²) in [6.07, 6.45) is 6.66. The fraction of sp³-hybridized carbons (Fsp3) is 0. The molecule has 47 heavy (non-hydrogen) atoms. The van der Waals surface area contributed by atoms with Gasteiger partial charge >= 0.3 is 42.1 Å². The third-order valence-corrected chi connectivity index (χ3v) is 6.98. The predicted octanol–water partition coefficient (Wildman–Crippen LogP) is 8.48. The van der Waals surface area contributed by atoms with E-state index in [9.17, 15) is 0 Å². The summed E-state index contributed by atoms with van der Waals surface area (Å²) >= 11 is 0. The summed E-state index contributed by atoms with van der Waals surface area (Å²) in [5.41, 5.74) is 3.75. The topological polar surface area (TPSA) is 75.0 Å². The number of ether oxygens (including phenoxy) is 2. The Morgan fingerprint density at radius 2 is 0.957 bits per heavy atom. The van der Waals surface area contributed by atoms with E-state index in [1.165, 1.54) is 0 Å². The molecule has 4 aromatic carbocycles. The van der Waals surface area contributed by atoms with Crippen LogP contribution in [-0.4, -0.2) is 24.5 Å². The van der Waals surface area contributed by atoms with Crippen molar-refractivity contribution >= 4 is 21.8 Å². The maximum Gasteiger partial charge on any atom is 2.00 e. The second-order valence-corrected chi connectivity index (χ2v) is 9.88. The van der Waals surface area contributed by atoms with Crippen molar-refractivity contribution in [3.8, 4) is 51.5 Å². The summed E-state index contributed by atoms with van der Waals surface area (Å²) in [4.78, 5) is 17.7. The van der Waals surface area contributed by atoms with Crippen molar-refractivity contribution in [2.24, 2.45) is 0 Å². The van der Waals surface area contributed by atoms with Gasteiger partial charge in [-0.2, -0.15) is 22.9 Å². The fourth-order valence-electron chi connectivity index (χ4n) is 5.02. The van der Waals surface area contributed by atoms with Crippen LogP contribution in [0.15, 0.2) is 128 Å². The van der Waals surface area contributed by atoms with E-state index in [-0.39, 0.29) is 42.1 Å². The Bertz CT molecular complexity index is 2280. The number of hydrogen-bond donors (Lipinski definition) is 0. The van der Waals surface area contributed by atoms with Gasteiger partial charge in [-0.15, -0.1) is 71.8 Å². The fourth-order valence-corrected chi connectivity index (χ4v) is 5.02. The molecule has 0 aliphatic rings. The van der Waals surface area contributed by atoms with E-state index in [4.69, 9.17) is 12.2 Å². The minimum Gasteiger partial charge on any atom is -0.503 e. The van der Waals surface area contributed by atoms with Gasteiger partial charge in [-0.3, -0.25) is 0 Å². The Kier molecular flexibility index (Phi) is 8.90. The number of pyridine rings is 2. The molecule has 0 bridgehead atoms. The van der Waals surface area contributed by atoms with Gasteiger partial charge in [0, 0.05) is 47.8 Å². The average molecular weight is 972 g/mol. The predicted molar refractivity (Wildman–Crippen MR) is 171 cm³/mol. The molecule has 8 rings (SSSR count). The van der Waals surface area contributed by atoms with E-state index in [0.29, 0.717) is 74.6 Å². The van der Waals surface area contributed by atoms with E-state index >= 15 is 0 Å². The normalized spacial score (nSPS) is 11.2. The smallest absolute Gasteiger partial charge is 0.503 e. The Morgan fingerprint density at radius 1 is 0.489 bits per heavy atom. The van der Waals surface area contributed by atoms with Crippen molar-refractivity contribution in [3.63, 3.8) is 0 Å². The first-order valence-corrected chi connectivity index (χ1v) is 14.1. The van der Waals surface area contributed by atoms with E-state index in [2.05, 4.69) is 44.2 Å². The van der Waals surface area contributed by atoms with Gasteiger partial charge in [0.2, 0.25) is 5.95 Å². The molecule has 230 valence electrons. The zero-order valence-corrected chi connectivity index (χ0v) is 28.7. The summed E-state index contributed by atoms with van der Waals surface area (Å²) in [5.74, 6) is 2.29. The van der Waals surface area contributed by atoms with Crippen molar-refractivity contribution in [1.82, 2.24) is 24.5 Å². The third-order valence-electron chi connectivity index (χ3n) is 6.98. The van der Waals surface area contributed by atoms with Gasteiger partial charge in [-0.05, 0) is 29.6 Å². The minimum absolute atomic E-state index is 0. The van der Waals surface area contributed by atoms with Gasteiger partial charge in [-0.25, -0.2) is 9.97 Å². The molecule has 4 heterocycles. The summed E-state index contributed by atoms with van der Waals surface area (Å²) < 4.78 is 30.7. The number of benzene rings is 4. The van der Waals surface area contributed by atoms with Crippen LogP contribution in [0.3, 0.4) is 0 Å². The largest absolute Gasteiger partial charge is 2.00 e. The van der Waals surface area contributed by atoms with Crippen LogP contribution in [0.25, 0.3) is 50.3 Å². The molecule has 0 aliphatic heterocycles. The van der Waals surface area contributed by atoms with E-state index in [1.807, 2.05) is 53.1 Å². The Hall–Kier alpha value is -4.96. The first-order valence-electron chi connectivity index (χ1n) is 15.1. The maximum absolute atomic E-state index is 8.21. The van der Waals surface area contributed by atoms with Crippen LogP contribution in [0, 0.1) is 24.3 Å². The molecule has 0 N–H and O–H groups in total. The zero-order valence-electron chi connectivity index (χ0n) is 26.2. The summed E-state index contributed by atoms with van der Waals surface area (Å²) in [6, 6.07) is 41.0. The molecule has 0 spiro atoms. The van der Waals surface area contributed by atoms with Crippen molar-refractivity contribution < 1.29 is 54.3 Å². The molecule has 0 amide bonds. The van der Waals surface area contributed by atoms with Gasteiger partial charge in [0.05, 0.1) is 2.74 Å². The molecule has 8 aromatic rings. The van der Waals surface area contributed by atoms with Crippen LogP contribution >= 0.6 is 0 Å². The van der Waals surface area contributed by atoms with Gasteiger partial charge in [0.15, 0.2) is 0 Å². The number of rotatable bonds is 7. The quantitative estimate of drug-likeness (QED) is 0.149. The van der Waals surface area contributed by atoms with Crippen molar-refractivity contribution in [1.29, 1.82) is 0 Å². The first kappa shape index (κ1) is 29.4. The van der Waals surface area contributed by atoms with Crippen molar-refractivity contribution in [2.45, 2.75) is 0 Å². The number of aromatic nitrogens is 5. The third kappa shape index (κ3) is 6.64. The molecular weight excluding hydrogens is 949 g/mol. The van der Waals surface area contributed by atoms with Crippen molar-refractivity contribution in [2.75, 3.05) is 0 Å². The summed E-state index contributed by atoms with van der Waals surface area (Å²) in [6.45, 7) is 0. The molecule has 9 heteroatoms. The Morgan fingerprint density at radius 3 is 1.45 bits per heavy atom. The summed E-state index contributed by atoms with van der Waals surface area (Å²) in [7, 11) is 0. The maximum atomic E-state index is 8.21. The number of fused-ring (bicyclic) bond motifs is 3. The van der Waals surface area contributed by atoms with Gasteiger partial charge in [0.1, 0.15) is 0 Å². The molecule has 0 atom stereocenters. The number of nitrogens with zero attached hydrogens (tertiary/aromatic N) is 5. The van der Waals surface area contributed by atoms with Gasteiger partial charge in [0.25, 0.3) is 0 Å². The first-order chi connectivity index (χ1) is 23.1. The Labute approximate surface area is 302 Å². The van der Waals surface area contributed by atoms with E-state index in [0.717, 1.165) is 10.8 Å². The molecule has 0 aliphatic carbocycles. The molecule has 0 unspecified atom stereocenters. The standard InChI is InChI=1S/C38H21N5O2.2Pt/c1-3-18-39-34(12-1)26-8-5-10-28(22-26)44-30-14-16-32-33-17-15-31(25-37(33)43(36(32)24-30)38-41-20-7-21-42-38)45-29-11-6-9-27(23-29)35-13-2-4-19-40-35;;/h1-21H;;/q-4;2*+2/i12D,13D;;. The monoisotopic (exact) mass is 971 g/mol. The molecule has 0 fully saturated rings. The Balaban J connectivity index is 0.00000208. The molecular formula is C38H21N5O2Pt2. The average Bonchev–Trinajstić information content (AvgIpc) is 3.42. The van der Waals surface area contributed by atoms with Crippen molar-refractivity contribution in [3.05, 3.63) is 152 Å². The molecule has 0 saturated carbocycles. The molecule has 7 nitrogen and oxygen atoms in total. The zero-order chi connectivity index (χ0) is 31.7. The molecule has 0 saturated heterocycles. The van der Waals surface area contributed by atoms with Crippen LogP contribution in [0.4, 0.5) is 0 Å². The van der Waals surface area contributed by atoms with Gasteiger partial charge < -0.3 is 24.0 Å². The number of hydrogen-bond acceptors (Lipinski definition) is 6. The van der Waals surface area contributed by atoms with E-state index in [1.54, 1.807) is 67.3 Å². The van der Waals surface area contributed by atoms with Crippen LogP contribution in [-0.2, 0) is 42.1 Å². The second kappa shape index (κ2) is 14.2. The molecule has 0 radical (unpaired) electrons. The SMILES string of the molecule is [2H]c1cccnc1-c1[c-]c(Oc2[c-]c3c(cc2)c2ccc(Oc4[c-]c(-c5ncccc5[2H])ccc4)[c-]c2n3-c2ncccn2)ccc1.[Pt+2].[Pt+2]. The molecule has 4 aromatic heterocycles. The second-order valence-electron chi connectivity index (χ2n) is 9.88. The van der Waals surface area contributed by atoms with Gasteiger partial charge in [-0.1, -0.05) is 47.4 Å². The van der Waals surface area contributed by atoms with E-state index < -0.39 is 0 Å². The van der Waals surface area contributed by atoms with Crippen LogP contribution in [0.1, 0.15) is 2.74 Å². The summed E-state index contributed by atoms with van der Waals surface area (Å²) in [5, 5.41) is 1.80. The minimum atomic E-state index is 0. The van der Waals surface area contributed by atoms with Crippen LogP contribution in [0.5, 0.6) is 23.0 Å². The van der Waals surface area contributed by atoms with Crippen LogP contribution < -0.4 is 9.47 Å². The van der Waals surface area contributed by atoms with Crippen LogP contribution in [0.2, 0.25) is 0 Å².